The molecule has 154 valence electrons. The highest BCUT2D eigenvalue weighted by molar-refractivity contribution is 14.0. The van der Waals surface area contributed by atoms with E-state index in [4.69, 9.17) is 9.15 Å². The van der Waals surface area contributed by atoms with E-state index in [-0.39, 0.29) is 24.0 Å². The Kier molecular flexibility index (Phi) is 9.66. The van der Waals surface area contributed by atoms with Gasteiger partial charge in [0.2, 0.25) is 5.89 Å². The smallest absolute Gasteiger partial charge is 0.226 e. The summed E-state index contributed by atoms with van der Waals surface area (Å²) in [6.07, 6.45) is 1.67. The first-order valence-electron chi connectivity index (χ1n) is 9.32. The number of hydrogen-bond acceptors (Lipinski definition) is 4. The number of rotatable bonds is 8. The summed E-state index contributed by atoms with van der Waals surface area (Å²) < 4.78 is 11.2. The summed E-state index contributed by atoms with van der Waals surface area (Å²) >= 11 is 0. The molecule has 1 aromatic heterocycles. The van der Waals surface area contributed by atoms with Crippen molar-refractivity contribution in [3.63, 3.8) is 0 Å². The first-order valence-corrected chi connectivity index (χ1v) is 9.32. The van der Waals surface area contributed by atoms with Crippen LogP contribution in [0.1, 0.15) is 16.8 Å². The highest BCUT2D eigenvalue weighted by Gasteiger charge is 2.07. The molecule has 29 heavy (non-hydrogen) atoms. The fraction of sp³-hybridized carbons (Fsp3) is 0.273. The lowest BCUT2D eigenvalue weighted by Gasteiger charge is -2.11. The van der Waals surface area contributed by atoms with E-state index < -0.39 is 0 Å². The molecule has 0 radical (unpaired) electrons. The molecule has 0 aliphatic heterocycles. The number of aliphatic imine (C=N–C) groups is 1. The number of guanidine groups is 1. The van der Waals surface area contributed by atoms with E-state index in [1.165, 1.54) is 11.1 Å². The Morgan fingerprint density at radius 3 is 2.55 bits per heavy atom. The van der Waals surface area contributed by atoms with E-state index in [9.17, 15) is 0 Å². The quantitative estimate of drug-likeness (QED) is 0.208. The van der Waals surface area contributed by atoms with Crippen LogP contribution in [0.2, 0.25) is 0 Å². The average Bonchev–Trinajstić information content (AvgIpc) is 3.20. The van der Waals surface area contributed by atoms with Gasteiger partial charge in [0, 0.05) is 19.2 Å². The molecule has 7 heteroatoms. The monoisotopic (exact) mass is 506 g/mol. The van der Waals surface area contributed by atoms with E-state index >= 15 is 0 Å². The normalized spacial score (nSPS) is 11.0. The summed E-state index contributed by atoms with van der Waals surface area (Å²) in [6, 6.07) is 18.2. The van der Waals surface area contributed by atoms with Gasteiger partial charge in [-0.2, -0.15) is 0 Å². The summed E-state index contributed by atoms with van der Waals surface area (Å²) in [5.74, 6) is 1.32. The zero-order valence-electron chi connectivity index (χ0n) is 16.7. The first-order chi connectivity index (χ1) is 13.7. The number of nitrogens with one attached hydrogen (secondary N) is 2. The summed E-state index contributed by atoms with van der Waals surface area (Å²) in [4.78, 5) is 8.74. The van der Waals surface area contributed by atoms with Crippen LogP contribution in [0.25, 0.3) is 11.5 Å². The molecule has 0 fully saturated rings. The van der Waals surface area contributed by atoms with E-state index in [1.54, 1.807) is 13.3 Å². The Morgan fingerprint density at radius 2 is 1.83 bits per heavy atom. The zero-order chi connectivity index (χ0) is 19.6. The molecule has 1 heterocycles. The van der Waals surface area contributed by atoms with E-state index in [0.29, 0.717) is 38.2 Å². The molecule has 0 bridgehead atoms. The van der Waals surface area contributed by atoms with Crippen molar-refractivity contribution >= 4 is 29.9 Å². The Hall–Kier alpha value is -2.39. The topological polar surface area (TPSA) is 71.7 Å². The number of hydrogen-bond donors (Lipinski definition) is 2. The van der Waals surface area contributed by atoms with E-state index in [0.717, 1.165) is 11.3 Å². The molecule has 3 aromatic rings. The summed E-state index contributed by atoms with van der Waals surface area (Å²) in [5.41, 5.74) is 4.16. The first kappa shape index (κ1) is 22.9. The Morgan fingerprint density at radius 1 is 1.07 bits per heavy atom. The van der Waals surface area contributed by atoms with Crippen molar-refractivity contribution in [3.05, 3.63) is 77.7 Å². The predicted octanol–water partition coefficient (Wildman–Crippen LogP) is 4.15. The fourth-order valence-corrected chi connectivity index (χ4v) is 2.62. The number of benzene rings is 2. The minimum atomic E-state index is 0. The predicted molar refractivity (Wildman–Crippen MR) is 126 cm³/mol. The third kappa shape index (κ3) is 7.51. The molecular weight excluding hydrogens is 479 g/mol. The van der Waals surface area contributed by atoms with Crippen molar-refractivity contribution in [2.75, 3.05) is 20.2 Å². The average molecular weight is 506 g/mol. The van der Waals surface area contributed by atoms with Crippen LogP contribution in [-0.4, -0.2) is 31.1 Å². The Balaban J connectivity index is 0.00000300. The number of nitrogens with zero attached hydrogens (tertiary/aromatic N) is 2. The fourth-order valence-electron chi connectivity index (χ4n) is 2.62. The lowest BCUT2D eigenvalue weighted by Crippen LogP contribution is -2.38. The minimum absolute atomic E-state index is 0. The van der Waals surface area contributed by atoms with Crippen LogP contribution in [0.5, 0.6) is 0 Å². The zero-order valence-corrected chi connectivity index (χ0v) is 19.1. The molecule has 0 aliphatic rings. The number of aromatic nitrogens is 1. The highest BCUT2D eigenvalue weighted by atomic mass is 127. The molecule has 0 saturated heterocycles. The molecule has 0 unspecified atom stereocenters. The van der Waals surface area contributed by atoms with Crippen LogP contribution in [-0.2, 0) is 17.9 Å². The van der Waals surface area contributed by atoms with Crippen LogP contribution in [0.4, 0.5) is 0 Å². The maximum absolute atomic E-state index is 5.67. The highest BCUT2D eigenvalue weighted by Crippen LogP contribution is 2.18. The maximum Gasteiger partial charge on any atom is 0.226 e. The second-order valence-electron chi connectivity index (χ2n) is 6.40. The van der Waals surface area contributed by atoms with Crippen LogP contribution in [0.15, 0.2) is 70.3 Å². The van der Waals surface area contributed by atoms with Crippen LogP contribution >= 0.6 is 24.0 Å². The largest absolute Gasteiger partial charge is 0.444 e. The summed E-state index contributed by atoms with van der Waals surface area (Å²) in [5, 5.41) is 6.46. The van der Waals surface area contributed by atoms with E-state index in [2.05, 4.69) is 39.7 Å². The summed E-state index contributed by atoms with van der Waals surface area (Å²) in [7, 11) is 1.74. The molecule has 3 rings (SSSR count). The van der Waals surface area contributed by atoms with Gasteiger partial charge in [0.25, 0.3) is 0 Å². The van der Waals surface area contributed by atoms with Crippen molar-refractivity contribution in [2.24, 2.45) is 4.99 Å². The second-order valence-corrected chi connectivity index (χ2v) is 6.40. The lowest BCUT2D eigenvalue weighted by atomic mass is 10.1. The molecule has 2 aromatic carbocycles. The SMILES string of the molecule is CN=C(NCCOCc1ccccc1)NCc1coc(-c2ccc(C)cc2)n1.I. The molecule has 0 atom stereocenters. The van der Waals surface area contributed by atoms with Gasteiger partial charge in [-0.3, -0.25) is 4.99 Å². The molecule has 0 spiro atoms. The second kappa shape index (κ2) is 12.2. The third-order valence-electron chi connectivity index (χ3n) is 4.16. The Bertz CT molecular complexity index is 879. The van der Waals surface area contributed by atoms with Gasteiger partial charge in [0.15, 0.2) is 5.96 Å². The van der Waals surface area contributed by atoms with Gasteiger partial charge >= 0.3 is 0 Å². The molecule has 0 amide bonds. The van der Waals surface area contributed by atoms with Crippen LogP contribution < -0.4 is 10.6 Å². The standard InChI is InChI=1S/C22H26N4O2.HI/c1-17-8-10-19(11-9-17)21-26-20(16-28-21)14-25-22(23-2)24-12-13-27-15-18-6-4-3-5-7-18;/h3-11,16H,12-15H2,1-2H3,(H2,23,24,25);1H. The van der Waals surface area contributed by atoms with Gasteiger partial charge in [0.05, 0.1) is 25.5 Å². The maximum atomic E-state index is 5.67. The molecule has 6 nitrogen and oxygen atoms in total. The van der Waals surface area contributed by atoms with Gasteiger partial charge in [-0.25, -0.2) is 4.98 Å². The number of halogens is 1. The van der Waals surface area contributed by atoms with Gasteiger partial charge in [0.1, 0.15) is 6.26 Å². The van der Waals surface area contributed by atoms with Crippen molar-refractivity contribution in [1.82, 2.24) is 15.6 Å². The van der Waals surface area contributed by atoms with Gasteiger partial charge < -0.3 is 19.8 Å². The molecule has 0 saturated carbocycles. The van der Waals surface area contributed by atoms with Crippen molar-refractivity contribution in [3.8, 4) is 11.5 Å². The number of aryl methyl sites for hydroxylation is 1. The molecule has 2 N–H and O–H groups in total. The molecule has 0 aliphatic carbocycles. The van der Waals surface area contributed by atoms with Crippen LogP contribution in [0.3, 0.4) is 0 Å². The van der Waals surface area contributed by atoms with Gasteiger partial charge in [-0.05, 0) is 24.6 Å². The Labute approximate surface area is 188 Å². The minimum Gasteiger partial charge on any atom is -0.444 e. The van der Waals surface area contributed by atoms with Crippen molar-refractivity contribution < 1.29 is 9.15 Å². The van der Waals surface area contributed by atoms with Crippen LogP contribution in [0, 0.1) is 6.92 Å². The van der Waals surface area contributed by atoms with Crippen molar-refractivity contribution in [1.29, 1.82) is 0 Å². The third-order valence-corrected chi connectivity index (χ3v) is 4.16. The molecular formula is C22H27IN4O2. The lowest BCUT2D eigenvalue weighted by molar-refractivity contribution is 0.125. The number of oxazole rings is 1. The van der Waals surface area contributed by atoms with Crippen molar-refractivity contribution in [2.45, 2.75) is 20.1 Å². The van der Waals surface area contributed by atoms with Gasteiger partial charge in [-0.15, -0.1) is 24.0 Å². The number of ether oxygens (including phenoxy) is 1. The summed E-state index contributed by atoms with van der Waals surface area (Å²) in [6.45, 7) is 4.45. The van der Waals surface area contributed by atoms with Gasteiger partial charge in [-0.1, -0.05) is 48.0 Å². The van der Waals surface area contributed by atoms with E-state index in [1.807, 2.05) is 42.5 Å².